The van der Waals surface area contributed by atoms with Crippen molar-refractivity contribution in [2.45, 2.75) is 58.7 Å². The Morgan fingerprint density at radius 1 is 0.957 bits per heavy atom. The topological polar surface area (TPSA) is 99.2 Å². The minimum Gasteiger partial charge on any atom is -0.379 e. The predicted molar refractivity (Wildman–Crippen MR) is 180 cm³/mol. The van der Waals surface area contributed by atoms with Crippen LogP contribution in [0.5, 0.6) is 0 Å². The lowest BCUT2D eigenvalue weighted by atomic mass is 9.85. The maximum absolute atomic E-state index is 14.1. The number of imidazole rings is 1. The Balaban J connectivity index is 1.08. The van der Waals surface area contributed by atoms with Gasteiger partial charge >= 0.3 is 5.69 Å². The van der Waals surface area contributed by atoms with Gasteiger partial charge in [-0.05, 0) is 81.8 Å². The van der Waals surface area contributed by atoms with Crippen LogP contribution in [0.2, 0.25) is 5.02 Å². The molecule has 3 aromatic heterocycles. The number of hydrogen-bond acceptors (Lipinski definition) is 6. The molecule has 0 atom stereocenters. The van der Waals surface area contributed by atoms with Crippen LogP contribution < -0.4 is 11.0 Å². The van der Waals surface area contributed by atoms with Crippen LogP contribution in [0, 0.1) is 19.8 Å². The number of morpholine rings is 1. The molecule has 240 valence electrons. The lowest BCUT2D eigenvalue weighted by molar-refractivity contribution is 0.0361. The molecule has 1 amide bonds. The van der Waals surface area contributed by atoms with Gasteiger partial charge in [0.2, 0.25) is 0 Å². The molecule has 0 unspecified atom stereocenters. The number of hydrogen-bond donors (Lipinski definition) is 1. The maximum atomic E-state index is 14.1. The first-order valence-electron chi connectivity index (χ1n) is 16.3. The molecule has 0 bridgehead atoms. The highest BCUT2D eigenvalue weighted by Crippen LogP contribution is 2.29. The summed E-state index contributed by atoms with van der Waals surface area (Å²) in [6.45, 7) is 9.72. The number of carbonyl (C=O) groups is 1. The van der Waals surface area contributed by atoms with Crippen molar-refractivity contribution < 1.29 is 9.53 Å². The molecule has 4 heterocycles. The van der Waals surface area contributed by atoms with Gasteiger partial charge in [-0.25, -0.2) is 4.79 Å². The van der Waals surface area contributed by atoms with Gasteiger partial charge in [-0.1, -0.05) is 23.7 Å². The van der Waals surface area contributed by atoms with Crippen LogP contribution in [0.1, 0.15) is 47.4 Å². The zero-order chi connectivity index (χ0) is 31.8. The molecule has 1 saturated carbocycles. The van der Waals surface area contributed by atoms with E-state index in [2.05, 4.69) is 32.0 Å². The fourth-order valence-electron chi connectivity index (χ4n) is 7.08. The molecule has 1 N–H and O–H groups in total. The van der Waals surface area contributed by atoms with Gasteiger partial charge in [0.1, 0.15) is 0 Å². The van der Waals surface area contributed by atoms with Crippen LogP contribution in [0.15, 0.2) is 59.5 Å². The number of halogens is 1. The fraction of sp³-hybridized carbons (Fsp3) is 0.429. The number of aryl methyl sites for hydroxylation is 2. The Hall–Kier alpha value is -3.99. The fourth-order valence-corrected chi connectivity index (χ4v) is 7.24. The van der Waals surface area contributed by atoms with Crippen molar-refractivity contribution >= 4 is 39.4 Å². The minimum atomic E-state index is -0.134. The molecule has 1 aliphatic heterocycles. The van der Waals surface area contributed by atoms with Crippen molar-refractivity contribution in [1.29, 1.82) is 0 Å². The van der Waals surface area contributed by atoms with Crippen molar-refractivity contribution in [3.63, 3.8) is 0 Å². The summed E-state index contributed by atoms with van der Waals surface area (Å²) in [5.74, 6) is 0.208. The summed E-state index contributed by atoms with van der Waals surface area (Å²) in [5.41, 5.74) is 5.87. The molecule has 10 nitrogen and oxygen atoms in total. The molecule has 5 aromatic rings. The third kappa shape index (κ3) is 6.09. The van der Waals surface area contributed by atoms with E-state index in [1.807, 2.05) is 53.3 Å². The first-order chi connectivity index (χ1) is 22.4. The van der Waals surface area contributed by atoms with Crippen LogP contribution >= 0.6 is 11.6 Å². The second-order valence-corrected chi connectivity index (χ2v) is 13.1. The summed E-state index contributed by atoms with van der Waals surface area (Å²) in [6, 6.07) is 16.0. The highest BCUT2D eigenvalue weighted by molar-refractivity contribution is 6.30. The van der Waals surface area contributed by atoms with E-state index in [1.54, 1.807) is 12.3 Å². The Bertz CT molecular complexity index is 1950. The number of benzene rings is 2. The number of nitrogens with one attached hydrogen (secondary N) is 1. The smallest absolute Gasteiger partial charge is 0.333 e. The summed E-state index contributed by atoms with van der Waals surface area (Å²) >= 11 is 6.08. The van der Waals surface area contributed by atoms with Gasteiger partial charge in [0.25, 0.3) is 5.91 Å². The minimum absolute atomic E-state index is 0.0303. The number of nitrogens with zero attached hydrogens (tertiary/aromatic N) is 6. The van der Waals surface area contributed by atoms with Gasteiger partial charge in [-0.3, -0.25) is 28.5 Å². The number of carbonyl (C=O) groups excluding carboxylic acids is 1. The van der Waals surface area contributed by atoms with Gasteiger partial charge in [-0.15, -0.1) is 0 Å². The van der Waals surface area contributed by atoms with Crippen molar-refractivity contribution in [3.8, 4) is 5.69 Å². The van der Waals surface area contributed by atoms with E-state index in [1.165, 1.54) is 0 Å². The van der Waals surface area contributed by atoms with E-state index < -0.39 is 0 Å². The number of pyridine rings is 1. The average molecular weight is 642 g/mol. The normalized spacial score (nSPS) is 19.2. The van der Waals surface area contributed by atoms with Crippen molar-refractivity contribution in [1.82, 2.24) is 34.1 Å². The van der Waals surface area contributed by atoms with E-state index in [0.717, 1.165) is 98.4 Å². The molecule has 0 radical (unpaired) electrons. The maximum Gasteiger partial charge on any atom is 0.333 e. The van der Waals surface area contributed by atoms with E-state index in [9.17, 15) is 9.59 Å². The molecular weight excluding hydrogens is 602 g/mol. The van der Waals surface area contributed by atoms with Gasteiger partial charge in [0.05, 0.1) is 64.0 Å². The van der Waals surface area contributed by atoms with Crippen LogP contribution in [-0.2, 0) is 17.8 Å². The van der Waals surface area contributed by atoms with Crippen LogP contribution in [0.25, 0.3) is 27.6 Å². The average Bonchev–Trinajstić information content (AvgIpc) is 3.54. The van der Waals surface area contributed by atoms with Gasteiger partial charge in [0, 0.05) is 43.8 Å². The standard InChI is InChI=1S/C35H40ClN7O3/c1-23-30(19-26(36)21-37-23)34(44)38-27-9-7-25(8-10-27)22-41-32-5-3-4-6-33(32)43(35(41)45)28-11-12-31-29(20-28)24(2)39-42(31)14-13-40-15-17-46-18-16-40/h3-6,11-12,19-21,25,27H,7-10,13-18,22H2,1-2H3,(H,38,44). The molecule has 1 aliphatic carbocycles. The Kier molecular flexibility index (Phi) is 8.68. The van der Waals surface area contributed by atoms with Crippen molar-refractivity contribution in [2.75, 3.05) is 32.8 Å². The number of amides is 1. The largest absolute Gasteiger partial charge is 0.379 e. The summed E-state index contributed by atoms with van der Waals surface area (Å²) < 4.78 is 11.3. The first kappa shape index (κ1) is 30.7. The number of para-hydroxylation sites is 2. The zero-order valence-corrected chi connectivity index (χ0v) is 27.2. The monoisotopic (exact) mass is 641 g/mol. The highest BCUT2D eigenvalue weighted by Gasteiger charge is 2.26. The number of rotatable bonds is 8. The lowest BCUT2D eigenvalue weighted by Crippen LogP contribution is -2.39. The van der Waals surface area contributed by atoms with Crippen LogP contribution in [0.4, 0.5) is 0 Å². The Morgan fingerprint density at radius 2 is 1.72 bits per heavy atom. The van der Waals surface area contributed by atoms with Gasteiger partial charge in [-0.2, -0.15) is 5.10 Å². The summed E-state index contributed by atoms with van der Waals surface area (Å²) in [5, 5.41) is 9.55. The first-order valence-corrected chi connectivity index (χ1v) is 16.6. The molecule has 7 rings (SSSR count). The molecule has 46 heavy (non-hydrogen) atoms. The van der Waals surface area contributed by atoms with Crippen LogP contribution in [-0.4, -0.2) is 73.6 Å². The van der Waals surface area contributed by atoms with Gasteiger partial charge < -0.3 is 10.1 Å². The third-order valence-electron chi connectivity index (χ3n) is 9.67. The highest BCUT2D eigenvalue weighted by atomic mass is 35.5. The summed E-state index contributed by atoms with van der Waals surface area (Å²) in [7, 11) is 0. The lowest BCUT2D eigenvalue weighted by Gasteiger charge is -2.29. The molecule has 1 saturated heterocycles. The van der Waals surface area contributed by atoms with E-state index in [4.69, 9.17) is 21.4 Å². The molecular formula is C35H40ClN7O3. The number of ether oxygens (including phenoxy) is 1. The number of aromatic nitrogens is 5. The predicted octanol–water partition coefficient (Wildman–Crippen LogP) is 5.13. The quantitative estimate of drug-likeness (QED) is 0.252. The summed E-state index contributed by atoms with van der Waals surface area (Å²) in [6.07, 6.45) is 5.14. The molecule has 2 aliphatic rings. The SMILES string of the molecule is Cc1ncc(Cl)cc1C(=O)NC1CCC(Cn2c(=O)n(-c3ccc4c(c3)c(C)nn4CCN3CCOCC3)c3ccccc32)CC1. The van der Waals surface area contributed by atoms with E-state index in [-0.39, 0.29) is 17.6 Å². The molecule has 0 spiro atoms. The number of fused-ring (bicyclic) bond motifs is 2. The second kappa shape index (κ2) is 13.0. The Labute approximate surface area is 272 Å². The second-order valence-electron chi connectivity index (χ2n) is 12.7. The zero-order valence-electron chi connectivity index (χ0n) is 26.4. The Morgan fingerprint density at radius 3 is 2.50 bits per heavy atom. The van der Waals surface area contributed by atoms with E-state index >= 15 is 0 Å². The molecule has 2 aromatic carbocycles. The van der Waals surface area contributed by atoms with E-state index in [0.29, 0.717) is 28.7 Å². The summed E-state index contributed by atoms with van der Waals surface area (Å²) in [4.78, 5) is 33.7. The third-order valence-corrected chi connectivity index (χ3v) is 9.87. The van der Waals surface area contributed by atoms with Crippen molar-refractivity contribution in [2.24, 2.45) is 5.92 Å². The molecule has 11 heteroatoms. The van der Waals surface area contributed by atoms with Gasteiger partial charge in [0.15, 0.2) is 0 Å². The van der Waals surface area contributed by atoms with Crippen molar-refractivity contribution in [3.05, 3.63) is 87.2 Å². The molecule has 2 fully saturated rings. The van der Waals surface area contributed by atoms with Crippen LogP contribution in [0.3, 0.4) is 0 Å².